The zero-order chi connectivity index (χ0) is 20.1. The van der Waals surface area contributed by atoms with Gasteiger partial charge in [-0.1, -0.05) is 25.8 Å². The Bertz CT molecular complexity index is 870. The summed E-state index contributed by atoms with van der Waals surface area (Å²) in [6.07, 6.45) is 5.92. The molecule has 2 N–H and O–H groups in total. The molecule has 0 spiro atoms. The average molecular weight is 383 g/mol. The number of imidazole rings is 1. The number of carbonyl (C=O) groups is 2. The van der Waals surface area contributed by atoms with Crippen LogP contribution in [0.1, 0.15) is 77.0 Å². The van der Waals surface area contributed by atoms with E-state index < -0.39 is 0 Å². The van der Waals surface area contributed by atoms with E-state index in [2.05, 4.69) is 22.5 Å². The van der Waals surface area contributed by atoms with Gasteiger partial charge in [0.15, 0.2) is 11.5 Å². The maximum Gasteiger partial charge on any atom is 0.287 e. The zero-order valence-electron chi connectivity index (χ0n) is 17.1. The molecule has 3 rings (SSSR count). The molecule has 1 aliphatic rings. The molecule has 0 bridgehead atoms. The fourth-order valence-corrected chi connectivity index (χ4v) is 3.56. The van der Waals surface area contributed by atoms with Crippen LogP contribution < -0.4 is 10.6 Å². The number of carbonyl (C=O) groups excluding carboxylic acids is 2. The quantitative estimate of drug-likeness (QED) is 0.711. The molecule has 0 aliphatic carbocycles. The molecule has 0 atom stereocenters. The summed E-state index contributed by atoms with van der Waals surface area (Å²) in [6.45, 7) is 7.56. The lowest BCUT2D eigenvalue weighted by Gasteiger charge is -2.17. The van der Waals surface area contributed by atoms with Gasteiger partial charge in [-0.15, -0.1) is 0 Å². The monoisotopic (exact) mass is 382 g/mol. The van der Waals surface area contributed by atoms with Crippen molar-refractivity contribution in [2.75, 3.05) is 11.9 Å². The molecule has 2 amide bonds. The summed E-state index contributed by atoms with van der Waals surface area (Å²) in [5, 5.41) is 5.89. The van der Waals surface area contributed by atoms with Gasteiger partial charge in [0, 0.05) is 18.8 Å². The zero-order valence-corrected chi connectivity index (χ0v) is 17.1. The number of benzene rings is 1. The van der Waals surface area contributed by atoms with Crippen molar-refractivity contribution in [3.05, 3.63) is 46.5 Å². The molecular weight excluding hydrogens is 352 g/mol. The number of anilines is 1. The Balaban J connectivity index is 1.80. The van der Waals surface area contributed by atoms with Crippen LogP contribution in [0.2, 0.25) is 0 Å². The van der Waals surface area contributed by atoms with Gasteiger partial charge < -0.3 is 15.2 Å². The summed E-state index contributed by atoms with van der Waals surface area (Å²) in [7, 11) is 0. The van der Waals surface area contributed by atoms with Crippen molar-refractivity contribution in [2.24, 2.45) is 0 Å². The van der Waals surface area contributed by atoms with Crippen LogP contribution in [0.4, 0.5) is 5.69 Å². The van der Waals surface area contributed by atoms with Crippen molar-refractivity contribution in [1.29, 1.82) is 0 Å². The van der Waals surface area contributed by atoms with Gasteiger partial charge in [-0.05, 0) is 62.8 Å². The maximum absolute atomic E-state index is 12.9. The number of aromatic nitrogens is 2. The van der Waals surface area contributed by atoms with E-state index in [4.69, 9.17) is 0 Å². The summed E-state index contributed by atoms with van der Waals surface area (Å²) >= 11 is 0. The minimum absolute atomic E-state index is 0.190. The minimum Gasteiger partial charge on any atom is -0.349 e. The molecular formula is C22H30N4O2. The molecule has 0 saturated heterocycles. The molecule has 1 aromatic heterocycles. The fraction of sp³-hybridized carbons (Fsp3) is 0.500. The number of aryl methyl sites for hydroxylation is 2. The standard InChI is InChI=1S/C22H30N4O2/c1-4-5-7-12-23-22(28)20-25-19(18-9-6-8-13-26(18)20)21(27)24-17-11-10-15(2)16(3)14-17/h10-11,14H,4-9,12-13H2,1-3H3,(H,23,28)(H,24,27). The second-order valence-electron chi connectivity index (χ2n) is 7.56. The minimum atomic E-state index is -0.251. The number of rotatable bonds is 7. The predicted molar refractivity (Wildman–Crippen MR) is 111 cm³/mol. The molecule has 0 unspecified atom stereocenters. The highest BCUT2D eigenvalue weighted by atomic mass is 16.2. The number of fused-ring (bicyclic) bond motifs is 1. The van der Waals surface area contributed by atoms with Crippen LogP contribution >= 0.6 is 0 Å². The Hall–Kier alpha value is -2.63. The second-order valence-corrected chi connectivity index (χ2v) is 7.56. The van der Waals surface area contributed by atoms with E-state index in [0.717, 1.165) is 62.0 Å². The lowest BCUT2D eigenvalue weighted by atomic mass is 10.1. The number of amides is 2. The molecule has 150 valence electrons. The number of nitrogens with one attached hydrogen (secondary N) is 2. The molecule has 1 aliphatic heterocycles. The second kappa shape index (κ2) is 9.04. The SMILES string of the molecule is CCCCCNC(=O)c1nc(C(=O)Nc2ccc(C)c(C)c2)c2n1CCCC2. The number of unbranched alkanes of at least 4 members (excludes halogenated alkanes) is 2. The molecule has 6 heteroatoms. The lowest BCUT2D eigenvalue weighted by Crippen LogP contribution is -2.28. The van der Waals surface area contributed by atoms with Crippen molar-refractivity contribution in [3.63, 3.8) is 0 Å². The van der Waals surface area contributed by atoms with Crippen LogP contribution in [-0.2, 0) is 13.0 Å². The first-order valence-electron chi connectivity index (χ1n) is 10.3. The average Bonchev–Trinajstić information content (AvgIpc) is 3.08. The van der Waals surface area contributed by atoms with Gasteiger partial charge >= 0.3 is 0 Å². The van der Waals surface area contributed by atoms with E-state index in [0.29, 0.717) is 18.1 Å². The number of nitrogens with zero attached hydrogens (tertiary/aromatic N) is 2. The predicted octanol–water partition coefficient (Wildman–Crippen LogP) is 4.01. The van der Waals surface area contributed by atoms with E-state index in [1.54, 1.807) is 0 Å². The highest BCUT2D eigenvalue weighted by Gasteiger charge is 2.27. The Labute approximate surface area is 166 Å². The van der Waals surface area contributed by atoms with E-state index in [-0.39, 0.29) is 11.8 Å². The van der Waals surface area contributed by atoms with Crippen molar-refractivity contribution in [1.82, 2.24) is 14.9 Å². The van der Waals surface area contributed by atoms with E-state index >= 15 is 0 Å². The number of hydrogen-bond acceptors (Lipinski definition) is 3. The molecule has 28 heavy (non-hydrogen) atoms. The first-order valence-corrected chi connectivity index (χ1v) is 10.3. The summed E-state index contributed by atoms with van der Waals surface area (Å²) in [5.74, 6) is -0.0835. The summed E-state index contributed by atoms with van der Waals surface area (Å²) < 4.78 is 1.92. The lowest BCUT2D eigenvalue weighted by molar-refractivity contribution is 0.0937. The number of hydrogen-bond donors (Lipinski definition) is 2. The molecule has 2 aromatic rings. The van der Waals surface area contributed by atoms with Crippen LogP contribution in [-0.4, -0.2) is 27.9 Å². The Morgan fingerprint density at radius 2 is 1.93 bits per heavy atom. The van der Waals surface area contributed by atoms with Gasteiger partial charge in [0.2, 0.25) is 0 Å². The van der Waals surface area contributed by atoms with Gasteiger partial charge in [-0.25, -0.2) is 4.98 Å². The van der Waals surface area contributed by atoms with Gasteiger partial charge in [-0.3, -0.25) is 9.59 Å². The summed E-state index contributed by atoms with van der Waals surface area (Å²) in [4.78, 5) is 30.0. The van der Waals surface area contributed by atoms with Crippen molar-refractivity contribution >= 4 is 17.5 Å². The first kappa shape index (κ1) is 20.1. The highest BCUT2D eigenvalue weighted by Crippen LogP contribution is 2.23. The third-order valence-electron chi connectivity index (χ3n) is 5.37. The summed E-state index contributed by atoms with van der Waals surface area (Å²) in [5.41, 5.74) is 4.29. The van der Waals surface area contributed by atoms with Gasteiger partial charge in [-0.2, -0.15) is 0 Å². The van der Waals surface area contributed by atoms with Crippen molar-refractivity contribution < 1.29 is 9.59 Å². The molecule has 0 fully saturated rings. The molecule has 0 saturated carbocycles. The van der Waals surface area contributed by atoms with Crippen LogP contribution in [0, 0.1) is 13.8 Å². The third kappa shape index (κ3) is 4.43. The Morgan fingerprint density at radius 1 is 1.11 bits per heavy atom. The van der Waals surface area contributed by atoms with Crippen molar-refractivity contribution in [3.8, 4) is 0 Å². The molecule has 1 aromatic carbocycles. The van der Waals surface area contributed by atoms with E-state index in [1.165, 1.54) is 5.56 Å². The van der Waals surface area contributed by atoms with Crippen molar-refractivity contribution in [2.45, 2.75) is 65.8 Å². The molecule has 2 heterocycles. The van der Waals surface area contributed by atoms with E-state index in [9.17, 15) is 9.59 Å². The van der Waals surface area contributed by atoms with Crippen LogP contribution in [0.5, 0.6) is 0 Å². The van der Waals surface area contributed by atoms with E-state index in [1.807, 2.05) is 36.6 Å². The highest BCUT2D eigenvalue weighted by molar-refractivity contribution is 6.05. The van der Waals surface area contributed by atoms with Gasteiger partial charge in [0.25, 0.3) is 11.8 Å². The van der Waals surface area contributed by atoms with Crippen LogP contribution in [0.25, 0.3) is 0 Å². The van der Waals surface area contributed by atoms with Gasteiger partial charge in [0.1, 0.15) is 0 Å². The molecule has 6 nitrogen and oxygen atoms in total. The third-order valence-corrected chi connectivity index (χ3v) is 5.37. The fourth-order valence-electron chi connectivity index (χ4n) is 3.56. The summed E-state index contributed by atoms with van der Waals surface area (Å²) in [6, 6.07) is 5.84. The van der Waals surface area contributed by atoms with Crippen LogP contribution in [0.3, 0.4) is 0 Å². The smallest absolute Gasteiger partial charge is 0.287 e. The topological polar surface area (TPSA) is 76.0 Å². The Morgan fingerprint density at radius 3 is 2.68 bits per heavy atom. The Kier molecular flexibility index (Phi) is 6.49. The largest absolute Gasteiger partial charge is 0.349 e. The van der Waals surface area contributed by atoms with Gasteiger partial charge in [0.05, 0.1) is 5.69 Å². The molecule has 0 radical (unpaired) electrons. The first-order chi connectivity index (χ1) is 13.5. The maximum atomic E-state index is 12.9. The van der Waals surface area contributed by atoms with Crippen LogP contribution in [0.15, 0.2) is 18.2 Å². The normalized spacial score (nSPS) is 13.1.